The minimum absolute atomic E-state index is 0.328. The minimum Gasteiger partial charge on any atom is -0.312 e. The second kappa shape index (κ2) is 12.9. The van der Waals surface area contributed by atoms with Crippen LogP contribution in [-0.2, 0) is 0 Å². The third-order valence-electron chi connectivity index (χ3n) is 3.10. The monoisotopic (exact) mass is 255 g/mol. The van der Waals surface area contributed by atoms with Gasteiger partial charge in [-0.25, -0.2) is 5.84 Å². The maximum absolute atomic E-state index is 5.45. The lowest BCUT2D eigenvalue weighted by Crippen LogP contribution is -2.31. The second-order valence-electron chi connectivity index (χ2n) is 5.39. The number of rotatable bonds is 11. The highest BCUT2D eigenvalue weighted by Crippen LogP contribution is 2.10. The van der Waals surface area contributed by atoms with Gasteiger partial charge in [0.25, 0.3) is 0 Å². The van der Waals surface area contributed by atoms with Crippen LogP contribution in [0.15, 0.2) is 4.99 Å². The smallest absolute Gasteiger partial charge is 0.111 e. The second-order valence-corrected chi connectivity index (χ2v) is 5.39. The molecule has 0 spiro atoms. The summed E-state index contributed by atoms with van der Waals surface area (Å²) in [5.41, 5.74) is 2.71. The molecule has 3 nitrogen and oxygen atoms in total. The van der Waals surface area contributed by atoms with Gasteiger partial charge in [0.05, 0.1) is 0 Å². The van der Waals surface area contributed by atoms with Crippen molar-refractivity contribution in [3.05, 3.63) is 0 Å². The highest BCUT2D eigenvalue weighted by Gasteiger charge is 1.98. The summed E-state index contributed by atoms with van der Waals surface area (Å²) in [6, 6.07) is 0.328. The van der Waals surface area contributed by atoms with Gasteiger partial charge in [0.15, 0.2) is 0 Å². The molecule has 0 aromatic carbocycles. The van der Waals surface area contributed by atoms with Crippen molar-refractivity contribution in [1.82, 2.24) is 5.43 Å². The maximum Gasteiger partial charge on any atom is 0.111 e. The van der Waals surface area contributed by atoms with Crippen LogP contribution in [0, 0.1) is 0 Å². The largest absolute Gasteiger partial charge is 0.312 e. The minimum atomic E-state index is 0.328. The fourth-order valence-corrected chi connectivity index (χ4v) is 2.09. The first-order chi connectivity index (χ1) is 8.70. The van der Waals surface area contributed by atoms with Crippen LogP contribution in [0.2, 0.25) is 0 Å². The van der Waals surface area contributed by atoms with Crippen LogP contribution in [0.1, 0.15) is 85.0 Å². The van der Waals surface area contributed by atoms with Crippen LogP contribution in [0.3, 0.4) is 0 Å². The fourth-order valence-electron chi connectivity index (χ4n) is 2.09. The van der Waals surface area contributed by atoms with Crippen molar-refractivity contribution in [2.45, 2.75) is 91.0 Å². The SMILES string of the molecule is CCCCCCCCCCCC(=NC(C)C)NN. The number of hydrogen-bond acceptors (Lipinski definition) is 2. The van der Waals surface area contributed by atoms with E-state index in [0.717, 1.165) is 12.3 Å². The third-order valence-corrected chi connectivity index (χ3v) is 3.10. The van der Waals surface area contributed by atoms with Crippen molar-refractivity contribution in [3.8, 4) is 0 Å². The Bertz CT molecular complexity index is 200. The molecule has 0 amide bonds. The van der Waals surface area contributed by atoms with Crippen molar-refractivity contribution in [3.63, 3.8) is 0 Å². The van der Waals surface area contributed by atoms with Gasteiger partial charge in [-0.1, -0.05) is 58.3 Å². The normalized spacial score (nSPS) is 12.2. The number of nitrogens with two attached hydrogens (primary N) is 1. The Morgan fingerprint density at radius 3 is 1.89 bits per heavy atom. The van der Waals surface area contributed by atoms with Crippen LogP contribution in [0.25, 0.3) is 0 Å². The summed E-state index contributed by atoms with van der Waals surface area (Å²) >= 11 is 0. The fraction of sp³-hybridized carbons (Fsp3) is 0.933. The number of amidine groups is 1. The van der Waals surface area contributed by atoms with Crippen LogP contribution in [-0.4, -0.2) is 11.9 Å². The van der Waals surface area contributed by atoms with Gasteiger partial charge in [0.2, 0.25) is 0 Å². The molecule has 0 rings (SSSR count). The molecule has 0 aromatic heterocycles. The van der Waals surface area contributed by atoms with E-state index >= 15 is 0 Å². The predicted octanol–water partition coefficient (Wildman–Crippen LogP) is 4.18. The van der Waals surface area contributed by atoms with Crippen LogP contribution < -0.4 is 11.3 Å². The first-order valence-corrected chi connectivity index (χ1v) is 7.74. The Morgan fingerprint density at radius 1 is 0.944 bits per heavy atom. The molecule has 3 N–H and O–H groups in total. The molecule has 0 unspecified atom stereocenters. The molecule has 0 radical (unpaired) electrons. The Morgan fingerprint density at radius 2 is 1.44 bits per heavy atom. The highest BCUT2D eigenvalue weighted by molar-refractivity contribution is 5.81. The van der Waals surface area contributed by atoms with E-state index in [0.29, 0.717) is 6.04 Å². The van der Waals surface area contributed by atoms with Gasteiger partial charge in [0.1, 0.15) is 5.84 Å². The van der Waals surface area contributed by atoms with Gasteiger partial charge in [-0.05, 0) is 20.3 Å². The molecule has 0 bridgehead atoms. The molecule has 0 atom stereocenters. The molecule has 0 heterocycles. The standard InChI is InChI=1S/C15H33N3/c1-4-5-6-7-8-9-10-11-12-13-15(18-16)17-14(2)3/h14H,4-13,16H2,1-3H3,(H,17,18). The molecule has 0 saturated heterocycles. The Hall–Kier alpha value is -0.570. The van der Waals surface area contributed by atoms with Crippen molar-refractivity contribution < 1.29 is 0 Å². The first-order valence-electron chi connectivity index (χ1n) is 7.74. The van der Waals surface area contributed by atoms with Gasteiger partial charge < -0.3 is 5.43 Å². The van der Waals surface area contributed by atoms with E-state index in [9.17, 15) is 0 Å². The predicted molar refractivity (Wildman–Crippen MR) is 81.7 cm³/mol. The van der Waals surface area contributed by atoms with E-state index in [1.807, 2.05) is 0 Å². The lowest BCUT2D eigenvalue weighted by molar-refractivity contribution is 0.567. The molecular formula is C15H33N3. The Balaban J connectivity index is 3.33. The lowest BCUT2D eigenvalue weighted by atomic mass is 10.1. The number of hydrogen-bond donors (Lipinski definition) is 2. The number of unbranched alkanes of at least 4 members (excludes halogenated alkanes) is 8. The summed E-state index contributed by atoms with van der Waals surface area (Å²) in [6.45, 7) is 6.42. The lowest BCUT2D eigenvalue weighted by Gasteiger charge is -2.07. The van der Waals surface area contributed by atoms with E-state index < -0.39 is 0 Å². The zero-order valence-corrected chi connectivity index (χ0v) is 12.7. The quantitative estimate of drug-likeness (QED) is 0.191. The summed E-state index contributed by atoms with van der Waals surface area (Å²) < 4.78 is 0. The van der Waals surface area contributed by atoms with Gasteiger partial charge in [-0.2, -0.15) is 0 Å². The summed E-state index contributed by atoms with van der Waals surface area (Å²) in [6.07, 6.45) is 13.2. The summed E-state index contributed by atoms with van der Waals surface area (Å²) in [7, 11) is 0. The number of nitrogens with zero attached hydrogens (tertiary/aromatic N) is 1. The molecule has 0 fully saturated rings. The van der Waals surface area contributed by atoms with Gasteiger partial charge in [-0.15, -0.1) is 0 Å². The Kier molecular flexibility index (Phi) is 12.5. The molecule has 0 saturated carbocycles. The van der Waals surface area contributed by atoms with E-state index in [4.69, 9.17) is 5.84 Å². The van der Waals surface area contributed by atoms with E-state index in [-0.39, 0.29) is 0 Å². The maximum atomic E-state index is 5.45. The number of nitrogens with one attached hydrogen (secondary N) is 1. The molecule has 108 valence electrons. The molecule has 3 heteroatoms. The zero-order valence-electron chi connectivity index (χ0n) is 12.7. The summed E-state index contributed by atoms with van der Waals surface area (Å²) in [4.78, 5) is 4.44. The van der Waals surface area contributed by atoms with Gasteiger partial charge in [-0.3, -0.25) is 4.99 Å². The molecule has 0 aromatic rings. The molecule has 0 aliphatic carbocycles. The zero-order chi connectivity index (χ0) is 13.6. The van der Waals surface area contributed by atoms with Crippen molar-refractivity contribution in [2.75, 3.05) is 0 Å². The van der Waals surface area contributed by atoms with Crippen molar-refractivity contribution >= 4 is 5.84 Å². The van der Waals surface area contributed by atoms with Gasteiger partial charge in [0, 0.05) is 12.5 Å². The third kappa shape index (κ3) is 11.9. The summed E-state index contributed by atoms with van der Waals surface area (Å²) in [5, 5.41) is 0. The van der Waals surface area contributed by atoms with Gasteiger partial charge >= 0.3 is 0 Å². The summed E-state index contributed by atoms with van der Waals surface area (Å²) in [5.74, 6) is 6.40. The van der Waals surface area contributed by atoms with Crippen LogP contribution >= 0.6 is 0 Å². The number of aliphatic imine (C=N–C) groups is 1. The van der Waals surface area contributed by atoms with Crippen molar-refractivity contribution in [1.29, 1.82) is 0 Å². The first kappa shape index (κ1) is 17.4. The molecule has 18 heavy (non-hydrogen) atoms. The Labute approximate surface area is 114 Å². The average molecular weight is 255 g/mol. The highest BCUT2D eigenvalue weighted by atomic mass is 15.2. The van der Waals surface area contributed by atoms with E-state index in [1.165, 1.54) is 57.8 Å². The van der Waals surface area contributed by atoms with E-state index in [1.54, 1.807) is 0 Å². The van der Waals surface area contributed by atoms with E-state index in [2.05, 4.69) is 31.2 Å². The molecular weight excluding hydrogens is 222 g/mol. The topological polar surface area (TPSA) is 50.4 Å². The molecule has 0 aliphatic rings. The van der Waals surface area contributed by atoms with Crippen molar-refractivity contribution in [2.24, 2.45) is 10.8 Å². The number of hydrazine groups is 1. The van der Waals surface area contributed by atoms with Crippen LogP contribution in [0.5, 0.6) is 0 Å². The average Bonchev–Trinajstić information content (AvgIpc) is 2.35. The molecule has 0 aliphatic heterocycles. The van der Waals surface area contributed by atoms with Crippen LogP contribution in [0.4, 0.5) is 0 Å².